The quantitative estimate of drug-likeness (QED) is 0.914. The number of nitrogens with one attached hydrogen (secondary N) is 1. The van der Waals surface area contributed by atoms with Gasteiger partial charge < -0.3 is 5.32 Å². The lowest BCUT2D eigenvalue weighted by Crippen LogP contribution is -2.31. The molecule has 0 amide bonds. The Kier molecular flexibility index (Phi) is 3.60. The van der Waals surface area contributed by atoms with Gasteiger partial charge in [0.2, 0.25) is 0 Å². The molecular weight excluding hydrogens is 236 g/mol. The molecule has 0 radical (unpaired) electrons. The molecule has 19 heavy (non-hydrogen) atoms. The van der Waals surface area contributed by atoms with E-state index in [2.05, 4.69) is 39.8 Å². The Hall–Kier alpha value is -1.68. The summed E-state index contributed by atoms with van der Waals surface area (Å²) in [4.78, 5) is 1.75. The smallest absolute Gasteiger partial charge is 0.0888 e. The first-order valence-electron chi connectivity index (χ1n) is 7.01. The third-order valence-corrected chi connectivity index (χ3v) is 3.72. The lowest BCUT2D eigenvalue weighted by atomic mass is 9.92. The zero-order valence-corrected chi connectivity index (χ0v) is 11.3. The largest absolute Gasteiger partial charge is 0.316 e. The number of aryl methyl sites for hydroxylation is 1. The van der Waals surface area contributed by atoms with Crippen LogP contribution in [0.25, 0.3) is 5.69 Å². The highest BCUT2D eigenvalue weighted by Gasteiger charge is 2.16. The van der Waals surface area contributed by atoms with E-state index in [-0.39, 0.29) is 0 Å². The van der Waals surface area contributed by atoms with Crippen LogP contribution in [0.3, 0.4) is 0 Å². The number of rotatable bonds is 3. The number of piperidine rings is 1. The maximum absolute atomic E-state index is 4.42. The predicted octanol–water partition coefficient (Wildman–Crippen LogP) is 2.12. The van der Waals surface area contributed by atoms with Crippen LogP contribution in [0.2, 0.25) is 0 Å². The first-order chi connectivity index (χ1) is 9.33. The normalized spacial score (nSPS) is 19.5. The first-order valence-corrected chi connectivity index (χ1v) is 7.01. The van der Waals surface area contributed by atoms with E-state index in [1.165, 1.54) is 18.4 Å². The molecule has 1 aliphatic rings. The Morgan fingerprint density at radius 2 is 2.26 bits per heavy atom. The van der Waals surface area contributed by atoms with Gasteiger partial charge in [0.1, 0.15) is 0 Å². The van der Waals surface area contributed by atoms with Crippen LogP contribution in [0.1, 0.15) is 24.1 Å². The van der Waals surface area contributed by atoms with E-state index in [1.54, 1.807) is 11.0 Å². The summed E-state index contributed by atoms with van der Waals surface area (Å²) in [7, 11) is 0. The van der Waals surface area contributed by atoms with Gasteiger partial charge in [-0.05, 0) is 56.8 Å². The number of benzene rings is 1. The average molecular weight is 256 g/mol. The summed E-state index contributed by atoms with van der Waals surface area (Å²) >= 11 is 0. The second kappa shape index (κ2) is 5.53. The molecular formula is C15H20N4. The van der Waals surface area contributed by atoms with E-state index < -0.39 is 0 Å². The fourth-order valence-corrected chi connectivity index (χ4v) is 2.74. The van der Waals surface area contributed by atoms with Gasteiger partial charge in [0.05, 0.1) is 17.6 Å². The minimum absolute atomic E-state index is 0.728. The van der Waals surface area contributed by atoms with Crippen molar-refractivity contribution in [3.8, 4) is 5.69 Å². The summed E-state index contributed by atoms with van der Waals surface area (Å²) in [6, 6.07) is 8.45. The van der Waals surface area contributed by atoms with Crippen molar-refractivity contribution >= 4 is 0 Å². The number of nitrogens with zero attached hydrogens (tertiary/aromatic N) is 3. The molecule has 0 bridgehead atoms. The lowest BCUT2D eigenvalue weighted by molar-refractivity contribution is 0.375. The summed E-state index contributed by atoms with van der Waals surface area (Å²) in [5.41, 5.74) is 3.40. The average Bonchev–Trinajstić information content (AvgIpc) is 2.87. The summed E-state index contributed by atoms with van der Waals surface area (Å²) in [5.74, 6) is 0.728. The molecule has 0 aliphatic carbocycles. The highest BCUT2D eigenvalue weighted by Crippen LogP contribution is 2.21. The van der Waals surface area contributed by atoms with Crippen LogP contribution in [-0.4, -0.2) is 28.1 Å². The molecule has 1 unspecified atom stereocenters. The lowest BCUT2D eigenvalue weighted by Gasteiger charge is -2.23. The van der Waals surface area contributed by atoms with Gasteiger partial charge in [0, 0.05) is 0 Å². The molecule has 1 fully saturated rings. The molecule has 1 aliphatic heterocycles. The predicted molar refractivity (Wildman–Crippen MR) is 75.4 cm³/mol. The fraction of sp³-hybridized carbons (Fsp3) is 0.467. The van der Waals surface area contributed by atoms with Crippen molar-refractivity contribution in [1.29, 1.82) is 0 Å². The Bertz CT molecular complexity index is 541. The van der Waals surface area contributed by atoms with Crippen LogP contribution >= 0.6 is 0 Å². The third-order valence-electron chi connectivity index (χ3n) is 3.72. The Labute approximate surface area is 113 Å². The first kappa shape index (κ1) is 12.4. The van der Waals surface area contributed by atoms with E-state index in [0.717, 1.165) is 36.8 Å². The molecule has 1 aromatic heterocycles. The fourth-order valence-electron chi connectivity index (χ4n) is 2.74. The van der Waals surface area contributed by atoms with Crippen molar-refractivity contribution < 1.29 is 0 Å². The highest BCUT2D eigenvalue weighted by molar-refractivity contribution is 5.39. The molecule has 1 N–H and O–H groups in total. The summed E-state index contributed by atoms with van der Waals surface area (Å²) in [6.07, 6.45) is 5.50. The van der Waals surface area contributed by atoms with Crippen LogP contribution < -0.4 is 5.32 Å². The zero-order valence-electron chi connectivity index (χ0n) is 11.3. The van der Waals surface area contributed by atoms with Gasteiger partial charge in [-0.15, -0.1) is 0 Å². The van der Waals surface area contributed by atoms with Crippen molar-refractivity contribution in [3.05, 3.63) is 41.7 Å². The minimum Gasteiger partial charge on any atom is -0.316 e. The van der Waals surface area contributed by atoms with Crippen molar-refractivity contribution in [2.24, 2.45) is 5.92 Å². The van der Waals surface area contributed by atoms with Gasteiger partial charge in [-0.1, -0.05) is 18.2 Å². The molecule has 0 spiro atoms. The zero-order chi connectivity index (χ0) is 13.1. The molecule has 2 aromatic rings. The van der Waals surface area contributed by atoms with Crippen molar-refractivity contribution in [3.63, 3.8) is 0 Å². The molecule has 100 valence electrons. The van der Waals surface area contributed by atoms with Gasteiger partial charge >= 0.3 is 0 Å². The van der Waals surface area contributed by atoms with Gasteiger partial charge in [-0.2, -0.15) is 15.0 Å². The molecule has 3 rings (SSSR count). The number of hydrogen-bond acceptors (Lipinski definition) is 3. The molecule has 1 atom stereocenters. The molecule has 4 nitrogen and oxygen atoms in total. The molecule has 4 heteroatoms. The van der Waals surface area contributed by atoms with E-state index in [4.69, 9.17) is 0 Å². The second-order valence-electron chi connectivity index (χ2n) is 5.32. The molecule has 2 heterocycles. The van der Waals surface area contributed by atoms with Crippen molar-refractivity contribution in [2.45, 2.75) is 26.2 Å². The topological polar surface area (TPSA) is 42.7 Å². The summed E-state index contributed by atoms with van der Waals surface area (Å²) in [6.45, 7) is 4.26. The summed E-state index contributed by atoms with van der Waals surface area (Å²) < 4.78 is 0. The summed E-state index contributed by atoms with van der Waals surface area (Å²) in [5, 5.41) is 12.2. The van der Waals surface area contributed by atoms with Gasteiger partial charge in [0.15, 0.2) is 0 Å². The maximum atomic E-state index is 4.42. The minimum atomic E-state index is 0.728. The standard InChI is InChI=1S/C15H20N4/c1-12-10-17-19(18-12)15-7-3-2-6-14(15)9-13-5-4-8-16-11-13/h2-3,6-7,10,13,16H,4-5,8-9,11H2,1H3. The maximum Gasteiger partial charge on any atom is 0.0888 e. The van der Waals surface area contributed by atoms with Crippen LogP contribution in [0.5, 0.6) is 0 Å². The Morgan fingerprint density at radius 3 is 3.00 bits per heavy atom. The van der Waals surface area contributed by atoms with Crippen molar-refractivity contribution in [2.75, 3.05) is 13.1 Å². The third kappa shape index (κ3) is 2.84. The molecule has 1 saturated heterocycles. The molecule has 0 saturated carbocycles. The Morgan fingerprint density at radius 1 is 1.37 bits per heavy atom. The number of hydrogen-bond donors (Lipinski definition) is 1. The van der Waals surface area contributed by atoms with Crippen LogP contribution in [-0.2, 0) is 6.42 Å². The highest BCUT2D eigenvalue weighted by atomic mass is 15.5. The second-order valence-corrected chi connectivity index (χ2v) is 5.32. The van der Waals surface area contributed by atoms with Gasteiger partial charge in [0.25, 0.3) is 0 Å². The van der Waals surface area contributed by atoms with Crippen molar-refractivity contribution in [1.82, 2.24) is 20.3 Å². The monoisotopic (exact) mass is 256 g/mol. The van der Waals surface area contributed by atoms with E-state index >= 15 is 0 Å². The SMILES string of the molecule is Cc1cnn(-c2ccccc2CC2CCCNC2)n1. The van der Waals surface area contributed by atoms with E-state index in [0.29, 0.717) is 0 Å². The van der Waals surface area contributed by atoms with Crippen LogP contribution in [0.4, 0.5) is 0 Å². The van der Waals surface area contributed by atoms with Gasteiger partial charge in [-0.3, -0.25) is 0 Å². The van der Waals surface area contributed by atoms with E-state index in [9.17, 15) is 0 Å². The van der Waals surface area contributed by atoms with Crippen LogP contribution in [0, 0.1) is 12.8 Å². The number of para-hydroxylation sites is 1. The molecule has 1 aromatic carbocycles. The van der Waals surface area contributed by atoms with Gasteiger partial charge in [-0.25, -0.2) is 0 Å². The Balaban J connectivity index is 1.84. The number of aromatic nitrogens is 3. The van der Waals surface area contributed by atoms with E-state index in [1.807, 2.05) is 6.92 Å². The van der Waals surface area contributed by atoms with Crippen LogP contribution in [0.15, 0.2) is 30.5 Å².